The lowest BCUT2D eigenvalue weighted by atomic mass is 9.94. The Morgan fingerprint density at radius 2 is 1.81 bits per heavy atom. The molecule has 0 aliphatic carbocycles. The lowest BCUT2D eigenvalue weighted by Gasteiger charge is -2.21. The smallest absolute Gasteiger partial charge is 0.320 e. The summed E-state index contributed by atoms with van der Waals surface area (Å²) in [7, 11) is 5.36. The van der Waals surface area contributed by atoms with Crippen LogP contribution in [0.4, 0.5) is 25.3 Å². The maximum atomic E-state index is 14.1. The molecule has 5 rings (SSSR count). The number of anilines is 2. The summed E-state index contributed by atoms with van der Waals surface area (Å²) in [4.78, 5) is 26.3. The van der Waals surface area contributed by atoms with Gasteiger partial charge < -0.3 is 15.0 Å². The van der Waals surface area contributed by atoms with Crippen LogP contribution in [0.15, 0.2) is 60.9 Å². The van der Waals surface area contributed by atoms with Crippen molar-refractivity contribution in [2.24, 2.45) is 0 Å². The molecular formula is C30H34F2N8O2. The van der Waals surface area contributed by atoms with Crippen LogP contribution in [0.5, 0.6) is 0 Å². The third-order valence-corrected chi connectivity index (χ3v) is 7.36. The fraction of sp³-hybridized carbons (Fsp3) is 0.333. The summed E-state index contributed by atoms with van der Waals surface area (Å²) in [5.74, 6) is -1.00. The third kappa shape index (κ3) is 6.24. The first-order valence-electron chi connectivity index (χ1n) is 13.6. The number of methoxy groups -OCH3 is 1. The number of rotatable bonds is 9. The highest BCUT2D eigenvalue weighted by Gasteiger charge is 2.35. The summed E-state index contributed by atoms with van der Waals surface area (Å²) in [5.41, 5.74) is 3.46. The quantitative estimate of drug-likeness (QED) is 0.308. The molecule has 220 valence electrons. The molecule has 0 spiro atoms. The van der Waals surface area contributed by atoms with E-state index in [4.69, 9.17) is 9.84 Å². The van der Waals surface area contributed by atoms with Crippen LogP contribution in [-0.2, 0) is 4.74 Å². The minimum atomic E-state index is -0.913. The minimum Gasteiger partial charge on any atom is -0.383 e. The van der Waals surface area contributed by atoms with Crippen LogP contribution in [0, 0.1) is 18.6 Å². The van der Waals surface area contributed by atoms with Crippen molar-refractivity contribution in [3.63, 3.8) is 0 Å². The average molecular weight is 577 g/mol. The van der Waals surface area contributed by atoms with Gasteiger partial charge in [-0.05, 0) is 36.8 Å². The molecule has 3 heterocycles. The lowest BCUT2D eigenvalue weighted by Crippen LogP contribution is -2.42. The Bertz CT molecular complexity index is 1530. The van der Waals surface area contributed by atoms with Crippen molar-refractivity contribution < 1.29 is 18.3 Å². The van der Waals surface area contributed by atoms with Gasteiger partial charge >= 0.3 is 6.03 Å². The first-order valence-corrected chi connectivity index (χ1v) is 13.6. The van der Waals surface area contributed by atoms with E-state index in [1.54, 1.807) is 30.3 Å². The number of nitrogens with one attached hydrogen (secondary N) is 2. The number of carbonyl (C=O) groups excluding carboxylic acids is 1. The molecule has 1 aliphatic heterocycles. The standard InChI is InChI=1S/C30H34F2N8O2/c1-19-27(21-15-33-29(34-16-21)38(2)3)37-40(22-8-6-5-7-9-22)28(19)36-30(41)35-26-18-39(12-13-42-4)17-23(26)20-10-11-24(31)25(32)14-20/h5-11,14-16,23,26H,12-13,17-18H2,1-4H3,(H2,35,36,41)/t23-,26+/m0/s1. The van der Waals surface area contributed by atoms with Gasteiger partial charge in [0.25, 0.3) is 0 Å². The molecule has 2 amide bonds. The second kappa shape index (κ2) is 12.6. The predicted molar refractivity (Wildman–Crippen MR) is 157 cm³/mol. The number of likely N-dealkylation sites (tertiary alicyclic amines) is 1. The number of halogens is 2. The molecule has 1 fully saturated rings. The fourth-order valence-electron chi connectivity index (χ4n) is 5.17. The molecule has 0 radical (unpaired) electrons. The van der Waals surface area contributed by atoms with E-state index in [1.165, 1.54) is 6.07 Å². The van der Waals surface area contributed by atoms with Crippen LogP contribution in [-0.4, -0.2) is 84.2 Å². The topological polar surface area (TPSA) is 100 Å². The average Bonchev–Trinajstić information content (AvgIpc) is 3.54. The Balaban J connectivity index is 1.43. The summed E-state index contributed by atoms with van der Waals surface area (Å²) >= 11 is 0. The number of hydrogen-bond acceptors (Lipinski definition) is 7. The molecular weight excluding hydrogens is 542 g/mol. The van der Waals surface area contributed by atoms with Gasteiger partial charge in [0.05, 0.1) is 18.3 Å². The third-order valence-electron chi connectivity index (χ3n) is 7.36. The summed E-state index contributed by atoms with van der Waals surface area (Å²) < 4.78 is 34.7. The molecule has 0 unspecified atom stereocenters. The number of carbonyl (C=O) groups is 1. The number of ether oxygens (including phenoxy) is 1. The van der Waals surface area contributed by atoms with E-state index >= 15 is 0 Å². The summed E-state index contributed by atoms with van der Waals surface area (Å²) in [5, 5.41) is 10.9. The SMILES string of the molecule is COCCN1C[C@@H](NC(=O)Nc2c(C)c(-c3cnc(N(C)C)nc3)nn2-c2ccccc2)[C@H](c2ccc(F)c(F)c2)C1. The van der Waals surface area contributed by atoms with Crippen LogP contribution in [0.1, 0.15) is 17.0 Å². The minimum absolute atomic E-state index is 0.245. The molecule has 4 aromatic rings. The second-order valence-corrected chi connectivity index (χ2v) is 10.5. The molecule has 0 saturated carbocycles. The van der Waals surface area contributed by atoms with E-state index < -0.39 is 17.7 Å². The number of benzene rings is 2. The molecule has 10 nitrogen and oxygen atoms in total. The molecule has 0 bridgehead atoms. The van der Waals surface area contributed by atoms with Crippen LogP contribution < -0.4 is 15.5 Å². The Morgan fingerprint density at radius 3 is 2.48 bits per heavy atom. The Hall–Kier alpha value is -4.42. The lowest BCUT2D eigenvalue weighted by molar-refractivity contribution is 0.159. The van der Waals surface area contributed by atoms with Gasteiger partial charge in [0.1, 0.15) is 11.5 Å². The predicted octanol–water partition coefficient (Wildman–Crippen LogP) is 4.22. The second-order valence-electron chi connectivity index (χ2n) is 10.5. The molecule has 2 aromatic carbocycles. The Labute approximate surface area is 243 Å². The highest BCUT2D eigenvalue weighted by Crippen LogP contribution is 2.32. The zero-order valence-corrected chi connectivity index (χ0v) is 24.0. The summed E-state index contributed by atoms with van der Waals surface area (Å²) in [6, 6.07) is 12.6. The van der Waals surface area contributed by atoms with E-state index in [-0.39, 0.29) is 12.0 Å². The van der Waals surface area contributed by atoms with E-state index in [0.29, 0.717) is 54.8 Å². The zero-order chi connectivity index (χ0) is 29.8. The van der Waals surface area contributed by atoms with Gasteiger partial charge in [-0.2, -0.15) is 5.10 Å². The first-order chi connectivity index (χ1) is 20.2. The number of hydrogen-bond donors (Lipinski definition) is 2. The van der Waals surface area contributed by atoms with Gasteiger partial charge in [-0.25, -0.2) is 28.2 Å². The van der Waals surface area contributed by atoms with Gasteiger partial charge in [0, 0.05) is 70.3 Å². The Morgan fingerprint density at radius 1 is 1.07 bits per heavy atom. The van der Waals surface area contributed by atoms with Gasteiger partial charge in [0.15, 0.2) is 11.6 Å². The molecule has 2 N–H and O–H groups in total. The van der Waals surface area contributed by atoms with Crippen LogP contribution >= 0.6 is 0 Å². The first kappa shape index (κ1) is 29.1. The maximum Gasteiger partial charge on any atom is 0.320 e. The maximum absolute atomic E-state index is 14.1. The highest BCUT2D eigenvalue weighted by molar-refractivity contribution is 5.91. The van der Waals surface area contributed by atoms with Crippen molar-refractivity contribution >= 4 is 17.8 Å². The highest BCUT2D eigenvalue weighted by atomic mass is 19.2. The molecule has 1 aliphatic rings. The molecule has 42 heavy (non-hydrogen) atoms. The number of urea groups is 1. The van der Waals surface area contributed by atoms with Gasteiger partial charge in [-0.1, -0.05) is 24.3 Å². The van der Waals surface area contributed by atoms with Crippen LogP contribution in [0.2, 0.25) is 0 Å². The number of aromatic nitrogens is 4. The van der Waals surface area contributed by atoms with Gasteiger partial charge in [-0.15, -0.1) is 0 Å². The van der Waals surface area contributed by atoms with Crippen molar-refractivity contribution in [1.82, 2.24) is 30.0 Å². The van der Waals surface area contributed by atoms with E-state index in [0.717, 1.165) is 17.3 Å². The Kier molecular flexibility index (Phi) is 8.74. The largest absolute Gasteiger partial charge is 0.383 e. The summed E-state index contributed by atoms with van der Waals surface area (Å²) in [6.45, 7) is 4.13. The molecule has 1 saturated heterocycles. The molecule has 2 atom stereocenters. The van der Waals surface area contributed by atoms with Crippen LogP contribution in [0.25, 0.3) is 16.9 Å². The van der Waals surface area contributed by atoms with E-state index in [9.17, 15) is 13.6 Å². The molecule has 12 heteroatoms. The van der Waals surface area contributed by atoms with Gasteiger partial charge in [0.2, 0.25) is 5.95 Å². The van der Waals surface area contributed by atoms with Crippen molar-refractivity contribution in [1.29, 1.82) is 0 Å². The number of amides is 2. The number of para-hydroxylation sites is 1. The zero-order valence-electron chi connectivity index (χ0n) is 24.0. The normalized spacial score (nSPS) is 16.9. The number of nitrogens with zero attached hydrogens (tertiary/aromatic N) is 6. The van der Waals surface area contributed by atoms with Gasteiger partial charge in [-0.3, -0.25) is 10.2 Å². The summed E-state index contributed by atoms with van der Waals surface area (Å²) in [6.07, 6.45) is 3.41. The van der Waals surface area contributed by atoms with E-state index in [2.05, 4.69) is 25.5 Å². The van der Waals surface area contributed by atoms with Crippen molar-refractivity contribution in [3.05, 3.63) is 83.7 Å². The monoisotopic (exact) mass is 576 g/mol. The van der Waals surface area contributed by atoms with Crippen molar-refractivity contribution in [3.8, 4) is 16.9 Å². The van der Waals surface area contributed by atoms with Crippen LogP contribution in [0.3, 0.4) is 0 Å². The van der Waals surface area contributed by atoms with Crippen molar-refractivity contribution in [2.45, 2.75) is 18.9 Å². The van der Waals surface area contributed by atoms with Crippen molar-refractivity contribution in [2.75, 3.05) is 57.7 Å². The fourth-order valence-corrected chi connectivity index (χ4v) is 5.17. The molecule has 2 aromatic heterocycles. The van der Waals surface area contributed by atoms with E-state index in [1.807, 2.05) is 56.3 Å².